The molecule has 0 N–H and O–H groups in total. The van der Waals surface area contributed by atoms with Gasteiger partial charge in [0.1, 0.15) is 36.3 Å². The van der Waals surface area contributed by atoms with Gasteiger partial charge in [0, 0.05) is 0 Å². The van der Waals surface area contributed by atoms with Gasteiger partial charge in [0.25, 0.3) is 0 Å². The molecule has 6 atom stereocenters. The van der Waals surface area contributed by atoms with E-state index in [1.54, 1.807) is 0 Å². The Balaban J connectivity index is 1.81. The maximum atomic E-state index is 11.2. The minimum absolute atomic E-state index is 0.0460. The fourth-order valence-corrected chi connectivity index (χ4v) is 2.58. The molecule has 4 aliphatic rings. The summed E-state index contributed by atoms with van der Waals surface area (Å²) in [7, 11) is 0. The monoisotopic (exact) mass is 182 g/mol. The predicted octanol–water partition coefficient (Wildman–Crippen LogP) is -1.15. The number of cyclic esters (lactones) is 2. The third kappa shape index (κ3) is 0.595. The third-order valence-electron chi connectivity index (χ3n) is 3.29. The van der Waals surface area contributed by atoms with Crippen molar-refractivity contribution in [1.82, 2.24) is 0 Å². The fourth-order valence-electron chi connectivity index (χ4n) is 2.58. The summed E-state index contributed by atoms with van der Waals surface area (Å²) in [6.07, 6.45) is -0.144. The van der Waals surface area contributed by atoms with E-state index in [4.69, 9.17) is 9.47 Å². The summed E-state index contributed by atoms with van der Waals surface area (Å²) >= 11 is 0. The Morgan fingerprint density at radius 3 is 1.69 bits per heavy atom. The second-order valence-corrected chi connectivity index (χ2v) is 3.92. The second kappa shape index (κ2) is 1.65. The molecule has 3 heterocycles. The lowest BCUT2D eigenvalue weighted by Gasteiger charge is -2.10. The number of rotatable bonds is 0. The van der Waals surface area contributed by atoms with Gasteiger partial charge in [-0.2, -0.15) is 0 Å². The quantitative estimate of drug-likeness (QED) is 0.269. The van der Waals surface area contributed by atoms with Crippen molar-refractivity contribution in [2.75, 3.05) is 0 Å². The normalized spacial score (nSPS) is 60.6. The largest absolute Gasteiger partial charge is 0.393 e. The van der Waals surface area contributed by atoms with Gasteiger partial charge >= 0.3 is 11.9 Å². The van der Waals surface area contributed by atoms with E-state index in [0.29, 0.717) is 0 Å². The Kier molecular flexibility index (Phi) is 0.825. The van der Waals surface area contributed by atoms with Crippen molar-refractivity contribution < 1.29 is 23.8 Å². The summed E-state index contributed by atoms with van der Waals surface area (Å²) in [5.41, 5.74) is 0. The van der Waals surface area contributed by atoms with Crippen LogP contribution in [-0.2, 0) is 23.8 Å². The molecule has 0 radical (unpaired) electrons. The van der Waals surface area contributed by atoms with Crippen LogP contribution in [0.2, 0.25) is 0 Å². The Morgan fingerprint density at radius 1 is 0.769 bits per heavy atom. The molecule has 0 unspecified atom stereocenters. The molecule has 5 heteroatoms. The van der Waals surface area contributed by atoms with E-state index in [1.807, 2.05) is 0 Å². The first-order valence-corrected chi connectivity index (χ1v) is 4.34. The van der Waals surface area contributed by atoms with Crippen LogP contribution in [0.3, 0.4) is 0 Å². The van der Waals surface area contributed by atoms with Crippen molar-refractivity contribution in [2.45, 2.75) is 24.4 Å². The second-order valence-electron chi connectivity index (χ2n) is 3.92. The van der Waals surface area contributed by atoms with Gasteiger partial charge in [-0.1, -0.05) is 0 Å². The zero-order valence-electron chi connectivity index (χ0n) is 6.51. The van der Waals surface area contributed by atoms with Gasteiger partial charge in [-0.3, -0.25) is 9.59 Å². The van der Waals surface area contributed by atoms with Crippen LogP contribution in [0.15, 0.2) is 0 Å². The lowest BCUT2D eigenvalue weighted by Crippen LogP contribution is -2.34. The van der Waals surface area contributed by atoms with E-state index in [9.17, 15) is 9.59 Å². The molecule has 0 spiro atoms. The first-order valence-electron chi connectivity index (χ1n) is 4.34. The summed E-state index contributed by atoms with van der Waals surface area (Å²) in [5.74, 6) is -1.64. The van der Waals surface area contributed by atoms with Crippen LogP contribution < -0.4 is 0 Å². The van der Waals surface area contributed by atoms with Gasteiger partial charge in [0.05, 0.1) is 0 Å². The molecule has 4 rings (SSSR count). The molecular formula is C8H6O5. The van der Waals surface area contributed by atoms with E-state index in [0.717, 1.165) is 0 Å². The molecule has 3 aliphatic heterocycles. The first kappa shape index (κ1) is 6.50. The van der Waals surface area contributed by atoms with Crippen LogP contribution >= 0.6 is 0 Å². The highest BCUT2D eigenvalue weighted by atomic mass is 16.7. The Labute approximate surface area is 72.9 Å². The lowest BCUT2D eigenvalue weighted by atomic mass is 9.81. The molecule has 0 aromatic heterocycles. The number of esters is 2. The van der Waals surface area contributed by atoms with Gasteiger partial charge in [-0.15, -0.1) is 0 Å². The van der Waals surface area contributed by atoms with E-state index in [-0.39, 0.29) is 36.3 Å². The molecule has 1 aliphatic carbocycles. The van der Waals surface area contributed by atoms with Crippen LogP contribution in [0, 0.1) is 11.8 Å². The number of carbonyl (C=O) groups excluding carboxylic acids is 2. The Morgan fingerprint density at radius 2 is 1.23 bits per heavy atom. The van der Waals surface area contributed by atoms with Crippen LogP contribution in [0.4, 0.5) is 0 Å². The maximum absolute atomic E-state index is 11.2. The highest BCUT2D eigenvalue weighted by Gasteiger charge is 2.75. The van der Waals surface area contributed by atoms with Crippen molar-refractivity contribution in [3.05, 3.63) is 0 Å². The molecule has 1 saturated carbocycles. The highest BCUT2D eigenvalue weighted by molar-refractivity contribution is 5.98. The molecule has 3 saturated heterocycles. The highest BCUT2D eigenvalue weighted by Crippen LogP contribution is 2.56. The minimum atomic E-state index is -0.434. The Bertz CT molecular complexity index is 305. The zero-order valence-corrected chi connectivity index (χ0v) is 6.51. The van der Waals surface area contributed by atoms with Gasteiger partial charge in [-0.05, 0) is 0 Å². The number of hydrogen-bond donors (Lipinski definition) is 0. The molecule has 0 aromatic rings. The number of hydrogen-bond acceptors (Lipinski definition) is 5. The SMILES string of the molecule is O=C1OC(=O)[C@H]2[C@H]3O[C@H]3[C@@H]3O[C@@H]3[C@H]12. The van der Waals surface area contributed by atoms with Crippen LogP contribution in [0.25, 0.3) is 0 Å². The zero-order chi connectivity index (χ0) is 8.74. The molecular weight excluding hydrogens is 176 g/mol. The van der Waals surface area contributed by atoms with E-state index in [1.165, 1.54) is 0 Å². The molecule has 0 amide bonds. The van der Waals surface area contributed by atoms with Crippen LogP contribution in [0.5, 0.6) is 0 Å². The molecule has 13 heavy (non-hydrogen) atoms. The summed E-state index contributed by atoms with van der Waals surface area (Å²) in [4.78, 5) is 22.5. The lowest BCUT2D eigenvalue weighted by molar-refractivity contribution is -0.154. The Hall–Kier alpha value is -0.940. The molecule has 4 fully saturated rings. The smallest absolute Gasteiger partial charge is 0.320 e. The van der Waals surface area contributed by atoms with Crippen molar-refractivity contribution in [1.29, 1.82) is 0 Å². The summed E-state index contributed by atoms with van der Waals surface area (Å²) in [6.45, 7) is 0. The average molecular weight is 182 g/mol. The first-order chi connectivity index (χ1) is 6.27. The van der Waals surface area contributed by atoms with Gasteiger partial charge in [-0.25, -0.2) is 0 Å². The van der Waals surface area contributed by atoms with Gasteiger partial charge < -0.3 is 14.2 Å². The topological polar surface area (TPSA) is 68.4 Å². The molecule has 0 bridgehead atoms. The number of ether oxygens (including phenoxy) is 3. The summed E-state index contributed by atoms with van der Waals surface area (Å²) < 4.78 is 15.1. The molecule has 0 aromatic carbocycles. The van der Waals surface area contributed by atoms with Crippen molar-refractivity contribution in [2.24, 2.45) is 11.8 Å². The summed E-state index contributed by atoms with van der Waals surface area (Å²) in [5, 5.41) is 0. The van der Waals surface area contributed by atoms with Gasteiger partial charge in [0.2, 0.25) is 0 Å². The van der Waals surface area contributed by atoms with E-state index in [2.05, 4.69) is 4.74 Å². The van der Waals surface area contributed by atoms with Crippen molar-refractivity contribution >= 4 is 11.9 Å². The summed E-state index contributed by atoms with van der Waals surface area (Å²) in [6, 6.07) is 0. The van der Waals surface area contributed by atoms with Crippen LogP contribution in [-0.4, -0.2) is 36.4 Å². The number of epoxide rings is 2. The van der Waals surface area contributed by atoms with Crippen LogP contribution in [0.1, 0.15) is 0 Å². The van der Waals surface area contributed by atoms with Gasteiger partial charge in [0.15, 0.2) is 0 Å². The van der Waals surface area contributed by atoms with E-state index >= 15 is 0 Å². The number of carbonyl (C=O) groups is 2. The maximum Gasteiger partial charge on any atom is 0.320 e. The average Bonchev–Trinajstić information content (AvgIpc) is 2.94. The fraction of sp³-hybridized carbons (Fsp3) is 0.750. The third-order valence-corrected chi connectivity index (χ3v) is 3.29. The predicted molar refractivity (Wildman–Crippen MR) is 35.4 cm³/mol. The molecule has 5 nitrogen and oxygen atoms in total. The van der Waals surface area contributed by atoms with Crippen molar-refractivity contribution in [3.8, 4) is 0 Å². The standard InChI is InChI=1S/C8H6O5/c9-7-1-2(8(10)13-7)4-6(12-4)5-3(1)11-5/h1-6H/t1-,2-,3-,4-,5-,6-/m1/s1. The molecule has 68 valence electrons. The minimum Gasteiger partial charge on any atom is -0.393 e. The number of fused-ring (bicyclic) bond motifs is 6. The van der Waals surface area contributed by atoms with Crippen molar-refractivity contribution in [3.63, 3.8) is 0 Å². The van der Waals surface area contributed by atoms with E-state index < -0.39 is 11.9 Å².